The van der Waals surface area contributed by atoms with E-state index in [1.807, 2.05) is 13.0 Å². The molecule has 0 saturated carbocycles. The molecule has 1 unspecified atom stereocenters. The first kappa shape index (κ1) is 14.3. The third-order valence-electron chi connectivity index (χ3n) is 3.92. The molecule has 0 aliphatic carbocycles. The summed E-state index contributed by atoms with van der Waals surface area (Å²) in [5, 5.41) is 0. The van der Waals surface area contributed by atoms with E-state index in [2.05, 4.69) is 33.8 Å². The molecule has 106 valence electrons. The fourth-order valence-corrected chi connectivity index (χ4v) is 2.80. The molecule has 4 nitrogen and oxygen atoms in total. The highest BCUT2D eigenvalue weighted by Gasteiger charge is 2.22. The topological polar surface area (TPSA) is 45.4 Å². The van der Waals surface area contributed by atoms with Crippen molar-refractivity contribution in [3.8, 4) is 0 Å². The number of nitrogens with two attached hydrogens (primary N) is 1. The number of aromatic nitrogens is 1. The van der Waals surface area contributed by atoms with Crippen LogP contribution in [0.2, 0.25) is 0 Å². The van der Waals surface area contributed by atoms with Crippen LogP contribution >= 0.6 is 0 Å². The Morgan fingerprint density at radius 2 is 2.00 bits per heavy atom. The third-order valence-corrected chi connectivity index (χ3v) is 3.92. The third kappa shape index (κ3) is 3.67. The van der Waals surface area contributed by atoms with Crippen LogP contribution in [0, 0.1) is 6.92 Å². The molecule has 2 heterocycles. The molecule has 1 aromatic rings. The van der Waals surface area contributed by atoms with Crippen molar-refractivity contribution in [2.45, 2.75) is 32.7 Å². The lowest BCUT2D eigenvalue weighted by molar-refractivity contribution is 0.179. The molecule has 2 N–H and O–H groups in total. The molecule has 0 radical (unpaired) electrons. The largest absolute Gasteiger partial charge is 0.354 e. The van der Waals surface area contributed by atoms with E-state index in [0.29, 0.717) is 6.04 Å². The minimum Gasteiger partial charge on any atom is -0.354 e. The zero-order valence-electron chi connectivity index (χ0n) is 12.2. The Bertz CT molecular complexity index is 385. The second-order valence-corrected chi connectivity index (χ2v) is 5.34. The molecule has 0 bridgehead atoms. The molecular formula is C15H26N4. The second-order valence-electron chi connectivity index (χ2n) is 5.34. The molecule has 1 fully saturated rings. The highest BCUT2D eigenvalue weighted by Crippen LogP contribution is 2.16. The molecule has 1 aliphatic rings. The maximum Gasteiger partial charge on any atom is 0.128 e. The number of piperazine rings is 1. The van der Waals surface area contributed by atoms with E-state index in [1.54, 1.807) is 0 Å². The van der Waals surface area contributed by atoms with Gasteiger partial charge in [0.1, 0.15) is 5.82 Å². The summed E-state index contributed by atoms with van der Waals surface area (Å²) in [5.74, 6) is 1.11. The van der Waals surface area contributed by atoms with Gasteiger partial charge in [-0.25, -0.2) is 4.98 Å². The molecule has 1 aromatic heterocycles. The van der Waals surface area contributed by atoms with E-state index in [9.17, 15) is 0 Å². The van der Waals surface area contributed by atoms with E-state index >= 15 is 0 Å². The van der Waals surface area contributed by atoms with Gasteiger partial charge in [0, 0.05) is 44.5 Å². The summed E-state index contributed by atoms with van der Waals surface area (Å²) in [4.78, 5) is 9.52. The van der Waals surface area contributed by atoms with Crippen molar-refractivity contribution >= 4 is 5.82 Å². The van der Waals surface area contributed by atoms with Crippen LogP contribution < -0.4 is 10.6 Å². The van der Waals surface area contributed by atoms with Crippen molar-refractivity contribution in [1.82, 2.24) is 9.88 Å². The van der Waals surface area contributed by atoms with Gasteiger partial charge in [-0.1, -0.05) is 19.4 Å². The van der Waals surface area contributed by atoms with Crippen molar-refractivity contribution in [2.24, 2.45) is 5.73 Å². The van der Waals surface area contributed by atoms with Gasteiger partial charge in [0.25, 0.3) is 0 Å². The minimum absolute atomic E-state index is 0.553. The van der Waals surface area contributed by atoms with Crippen molar-refractivity contribution in [2.75, 3.05) is 37.6 Å². The van der Waals surface area contributed by atoms with Gasteiger partial charge in [0.05, 0.1) is 0 Å². The van der Waals surface area contributed by atoms with Crippen LogP contribution in [0.5, 0.6) is 0 Å². The van der Waals surface area contributed by atoms with Crippen molar-refractivity contribution in [3.05, 3.63) is 23.9 Å². The zero-order valence-corrected chi connectivity index (χ0v) is 12.2. The number of hydrogen-bond donors (Lipinski definition) is 1. The van der Waals surface area contributed by atoms with Gasteiger partial charge in [0.15, 0.2) is 0 Å². The zero-order chi connectivity index (χ0) is 13.7. The first-order valence-corrected chi connectivity index (χ1v) is 7.37. The smallest absolute Gasteiger partial charge is 0.128 e. The Kier molecular flexibility index (Phi) is 5.16. The fourth-order valence-electron chi connectivity index (χ4n) is 2.80. The van der Waals surface area contributed by atoms with Crippen LogP contribution in [0.15, 0.2) is 18.2 Å². The van der Waals surface area contributed by atoms with Crippen LogP contribution in [0.4, 0.5) is 5.82 Å². The number of pyridine rings is 1. The van der Waals surface area contributed by atoms with Crippen molar-refractivity contribution in [1.29, 1.82) is 0 Å². The average molecular weight is 262 g/mol. The van der Waals surface area contributed by atoms with Crippen LogP contribution in [0.3, 0.4) is 0 Å². The lowest BCUT2D eigenvalue weighted by atomic mass is 10.1. The highest BCUT2D eigenvalue weighted by molar-refractivity contribution is 5.39. The van der Waals surface area contributed by atoms with Crippen LogP contribution in [0.25, 0.3) is 0 Å². The van der Waals surface area contributed by atoms with Gasteiger partial charge in [-0.05, 0) is 25.5 Å². The van der Waals surface area contributed by atoms with Gasteiger partial charge in [-0.15, -0.1) is 0 Å². The van der Waals surface area contributed by atoms with E-state index in [4.69, 9.17) is 5.73 Å². The highest BCUT2D eigenvalue weighted by atomic mass is 15.3. The number of hydrogen-bond acceptors (Lipinski definition) is 4. The van der Waals surface area contributed by atoms with Gasteiger partial charge in [0.2, 0.25) is 0 Å². The molecule has 0 spiro atoms. The Morgan fingerprint density at radius 1 is 1.26 bits per heavy atom. The maximum absolute atomic E-state index is 5.89. The molecular weight excluding hydrogens is 236 g/mol. The van der Waals surface area contributed by atoms with E-state index in [-0.39, 0.29) is 0 Å². The number of nitrogens with zero attached hydrogens (tertiary/aromatic N) is 3. The number of rotatable bonds is 5. The van der Waals surface area contributed by atoms with Crippen LogP contribution in [-0.4, -0.2) is 48.6 Å². The Labute approximate surface area is 116 Å². The predicted molar refractivity (Wildman–Crippen MR) is 80.5 cm³/mol. The normalized spacial score (nSPS) is 18.6. The molecule has 0 amide bonds. The summed E-state index contributed by atoms with van der Waals surface area (Å²) in [6.07, 6.45) is 2.42. The first-order chi connectivity index (χ1) is 9.24. The fraction of sp³-hybridized carbons (Fsp3) is 0.667. The Balaban J connectivity index is 1.91. The Morgan fingerprint density at radius 3 is 2.58 bits per heavy atom. The molecule has 1 saturated heterocycles. The summed E-state index contributed by atoms with van der Waals surface area (Å²) in [5.41, 5.74) is 6.98. The average Bonchev–Trinajstić information content (AvgIpc) is 2.45. The van der Waals surface area contributed by atoms with Gasteiger partial charge in [-0.2, -0.15) is 0 Å². The van der Waals surface area contributed by atoms with Crippen molar-refractivity contribution in [3.63, 3.8) is 0 Å². The molecule has 19 heavy (non-hydrogen) atoms. The van der Waals surface area contributed by atoms with Crippen LogP contribution in [-0.2, 0) is 0 Å². The van der Waals surface area contributed by atoms with Crippen molar-refractivity contribution < 1.29 is 0 Å². The molecule has 1 atom stereocenters. The Hall–Kier alpha value is -1.13. The van der Waals surface area contributed by atoms with E-state index in [1.165, 1.54) is 12.8 Å². The summed E-state index contributed by atoms with van der Waals surface area (Å²) in [6, 6.07) is 6.79. The minimum atomic E-state index is 0.553. The summed E-state index contributed by atoms with van der Waals surface area (Å²) in [7, 11) is 0. The summed E-state index contributed by atoms with van der Waals surface area (Å²) < 4.78 is 0. The first-order valence-electron chi connectivity index (χ1n) is 7.37. The standard InChI is InChI=1S/C15H26N4/c1-3-5-14(12-16)18-8-10-19(11-9-18)15-7-4-6-13(2)17-15/h4,6-7,14H,3,5,8-12,16H2,1-2H3. The molecule has 0 aromatic carbocycles. The van der Waals surface area contributed by atoms with Gasteiger partial charge < -0.3 is 10.6 Å². The van der Waals surface area contributed by atoms with E-state index in [0.717, 1.165) is 44.2 Å². The SMILES string of the molecule is CCCC(CN)N1CCN(c2cccc(C)n2)CC1. The number of aryl methyl sites for hydroxylation is 1. The summed E-state index contributed by atoms with van der Waals surface area (Å²) in [6.45, 7) is 9.35. The quantitative estimate of drug-likeness (QED) is 0.876. The van der Waals surface area contributed by atoms with Crippen LogP contribution in [0.1, 0.15) is 25.5 Å². The lowest BCUT2D eigenvalue weighted by Crippen LogP contribution is -2.52. The van der Waals surface area contributed by atoms with Gasteiger partial charge in [-0.3, -0.25) is 4.90 Å². The molecule has 1 aliphatic heterocycles. The predicted octanol–water partition coefficient (Wildman–Crippen LogP) is 1.64. The van der Waals surface area contributed by atoms with Gasteiger partial charge >= 0.3 is 0 Å². The van der Waals surface area contributed by atoms with E-state index < -0.39 is 0 Å². The molecule has 4 heteroatoms. The number of anilines is 1. The maximum atomic E-state index is 5.89. The lowest BCUT2D eigenvalue weighted by Gasteiger charge is -2.39. The second kappa shape index (κ2) is 6.87. The monoisotopic (exact) mass is 262 g/mol. The molecule has 2 rings (SSSR count). The summed E-state index contributed by atoms with van der Waals surface area (Å²) >= 11 is 0.